The van der Waals surface area contributed by atoms with Crippen molar-refractivity contribution < 1.29 is 19.3 Å². The summed E-state index contributed by atoms with van der Waals surface area (Å²) in [4.78, 5) is 23.3. The van der Waals surface area contributed by atoms with Gasteiger partial charge in [0.25, 0.3) is 0 Å². The number of hydrazone groups is 1. The molecule has 10 heteroatoms. The van der Waals surface area contributed by atoms with E-state index in [9.17, 15) is 14.9 Å². The molecule has 1 aromatic rings. The predicted molar refractivity (Wildman–Crippen MR) is 72.7 cm³/mol. The van der Waals surface area contributed by atoms with Gasteiger partial charge in [0, 0.05) is 17.1 Å². The molecule has 22 heavy (non-hydrogen) atoms. The van der Waals surface area contributed by atoms with Crippen LogP contribution in [0.25, 0.3) is 0 Å². The number of hydrogen-bond acceptors (Lipinski definition) is 8. The van der Waals surface area contributed by atoms with Crippen molar-refractivity contribution >= 4 is 11.8 Å². The van der Waals surface area contributed by atoms with Gasteiger partial charge in [0.15, 0.2) is 5.03 Å². The maximum atomic E-state index is 12.3. The molecule has 1 unspecified atom stereocenters. The number of nitro groups is 1. The van der Waals surface area contributed by atoms with E-state index in [1.807, 2.05) is 0 Å². The maximum Gasteiger partial charge on any atom is 0.339 e. The van der Waals surface area contributed by atoms with E-state index in [1.165, 1.54) is 6.07 Å². The molecule has 3 rings (SSSR count). The quantitative estimate of drug-likeness (QED) is 0.446. The van der Waals surface area contributed by atoms with Crippen LogP contribution < -0.4 is 11.1 Å². The van der Waals surface area contributed by atoms with Gasteiger partial charge in [-0.15, -0.1) is 5.10 Å². The molecular weight excluding hydrogens is 294 g/mol. The maximum absolute atomic E-state index is 12.3. The minimum Gasteiger partial charge on any atom is -0.456 e. The number of carbonyl (C=O) groups is 1. The number of ether oxygens (including phenoxy) is 2. The molecular formula is C12H13N5O5. The molecule has 2 N–H and O–H groups in total. The van der Waals surface area contributed by atoms with E-state index in [0.717, 1.165) is 0 Å². The molecule has 1 fully saturated rings. The molecule has 1 aromatic carbocycles. The Bertz CT molecular complexity index is 628. The van der Waals surface area contributed by atoms with Gasteiger partial charge in [0.1, 0.15) is 6.10 Å². The van der Waals surface area contributed by atoms with Crippen LogP contribution in [-0.2, 0) is 9.47 Å². The number of hydrogen-bond donors (Lipinski definition) is 2. The summed E-state index contributed by atoms with van der Waals surface area (Å²) in [6, 6.07) is 6.40. The Morgan fingerprint density at radius 3 is 3.05 bits per heavy atom. The summed E-state index contributed by atoms with van der Waals surface area (Å²) in [6.07, 6.45) is 0.341. The lowest BCUT2D eigenvalue weighted by Gasteiger charge is -2.13. The number of esters is 1. The predicted octanol–water partition coefficient (Wildman–Crippen LogP) is -0.190. The van der Waals surface area contributed by atoms with Gasteiger partial charge in [-0.1, -0.05) is 23.7 Å². The fraction of sp³-hybridized carbons (Fsp3) is 0.333. The molecule has 0 bridgehead atoms. The topological polar surface area (TPSA) is 118 Å². The lowest BCUT2D eigenvalue weighted by atomic mass is 10.1. The van der Waals surface area contributed by atoms with E-state index in [0.29, 0.717) is 30.3 Å². The van der Waals surface area contributed by atoms with Gasteiger partial charge >= 0.3 is 5.97 Å². The molecule has 0 aliphatic carbocycles. The number of carbonyl (C=O) groups excluding carboxylic acids is 1. The fourth-order valence-electron chi connectivity index (χ4n) is 2.19. The Morgan fingerprint density at radius 2 is 2.32 bits per heavy atom. The first-order valence-corrected chi connectivity index (χ1v) is 6.57. The molecule has 1 saturated heterocycles. The molecule has 0 aromatic heterocycles. The van der Waals surface area contributed by atoms with Crippen LogP contribution >= 0.6 is 0 Å². The van der Waals surface area contributed by atoms with E-state index in [-0.39, 0.29) is 17.5 Å². The van der Waals surface area contributed by atoms with Crippen molar-refractivity contribution in [3.8, 4) is 0 Å². The third-order valence-electron chi connectivity index (χ3n) is 3.23. The van der Waals surface area contributed by atoms with E-state index >= 15 is 0 Å². The first kappa shape index (κ1) is 14.2. The largest absolute Gasteiger partial charge is 0.456 e. The van der Waals surface area contributed by atoms with Gasteiger partial charge in [-0.25, -0.2) is 20.4 Å². The molecule has 2 aliphatic rings. The van der Waals surface area contributed by atoms with Crippen molar-refractivity contribution in [1.82, 2.24) is 16.2 Å². The Balaban J connectivity index is 1.86. The minimum absolute atomic E-state index is 0.0276. The molecule has 0 spiro atoms. The summed E-state index contributed by atoms with van der Waals surface area (Å²) in [5.41, 5.74) is 5.04. The summed E-state index contributed by atoms with van der Waals surface area (Å²) in [6.45, 7) is 0.911. The minimum atomic E-state index is -0.689. The smallest absolute Gasteiger partial charge is 0.339 e. The standard InChI is InChI=1S/C12H13N5O5/c18-12(22-8-5-6-21-7-8)10-4-2-1-3-9(10)11-13-14-15-16(11)17(19)20/h1-4,8,14-15H,5-7H2. The van der Waals surface area contributed by atoms with Crippen LogP contribution in [0.4, 0.5) is 0 Å². The van der Waals surface area contributed by atoms with Crippen molar-refractivity contribution in [2.75, 3.05) is 13.2 Å². The summed E-state index contributed by atoms with van der Waals surface area (Å²) in [5, 5.41) is 14.7. The van der Waals surface area contributed by atoms with E-state index in [2.05, 4.69) is 16.2 Å². The molecule has 0 radical (unpaired) electrons. The van der Waals surface area contributed by atoms with Gasteiger partial charge in [0.2, 0.25) is 5.84 Å². The molecule has 0 saturated carbocycles. The Kier molecular flexibility index (Phi) is 3.85. The molecule has 2 aliphatic heterocycles. The van der Waals surface area contributed by atoms with Crippen LogP contribution in [0.2, 0.25) is 0 Å². The van der Waals surface area contributed by atoms with Crippen LogP contribution in [-0.4, -0.2) is 41.3 Å². The van der Waals surface area contributed by atoms with Crippen molar-refractivity contribution in [3.63, 3.8) is 0 Å². The van der Waals surface area contributed by atoms with Crippen LogP contribution in [0.15, 0.2) is 29.4 Å². The lowest BCUT2D eigenvalue weighted by Crippen LogP contribution is -2.45. The highest BCUT2D eigenvalue weighted by Gasteiger charge is 2.32. The van der Waals surface area contributed by atoms with Gasteiger partial charge in [-0.3, -0.25) is 0 Å². The molecule has 116 valence electrons. The fourth-order valence-corrected chi connectivity index (χ4v) is 2.19. The second-order valence-corrected chi connectivity index (χ2v) is 4.65. The zero-order valence-electron chi connectivity index (χ0n) is 11.4. The highest BCUT2D eigenvalue weighted by molar-refractivity contribution is 6.07. The van der Waals surface area contributed by atoms with Crippen LogP contribution in [0.5, 0.6) is 0 Å². The highest BCUT2D eigenvalue weighted by Crippen LogP contribution is 2.17. The highest BCUT2D eigenvalue weighted by atomic mass is 16.7. The van der Waals surface area contributed by atoms with E-state index in [4.69, 9.17) is 9.47 Å². The van der Waals surface area contributed by atoms with Gasteiger partial charge in [0.05, 0.1) is 18.8 Å². The Hall–Kier alpha value is -2.72. The first-order chi connectivity index (χ1) is 10.7. The zero-order chi connectivity index (χ0) is 15.5. The number of hydrazine groups is 3. The van der Waals surface area contributed by atoms with E-state index < -0.39 is 11.0 Å². The second kappa shape index (κ2) is 5.95. The van der Waals surface area contributed by atoms with Gasteiger partial charge in [-0.05, 0) is 6.07 Å². The number of amidine groups is 1. The Labute approximate surface area is 124 Å². The summed E-state index contributed by atoms with van der Waals surface area (Å²) >= 11 is 0. The summed E-state index contributed by atoms with van der Waals surface area (Å²) in [7, 11) is 0. The molecule has 0 amide bonds. The normalized spacial score (nSPS) is 20.5. The molecule has 10 nitrogen and oxygen atoms in total. The first-order valence-electron chi connectivity index (χ1n) is 6.57. The number of rotatable bonds is 4. The van der Waals surface area contributed by atoms with Gasteiger partial charge < -0.3 is 9.47 Å². The Morgan fingerprint density at radius 1 is 1.50 bits per heavy atom. The lowest BCUT2D eigenvalue weighted by molar-refractivity contribution is -0.642. The zero-order valence-corrected chi connectivity index (χ0v) is 11.4. The average Bonchev–Trinajstić information content (AvgIpc) is 3.18. The third-order valence-corrected chi connectivity index (χ3v) is 3.23. The van der Waals surface area contributed by atoms with Crippen molar-refractivity contribution in [3.05, 3.63) is 45.5 Å². The number of benzene rings is 1. The monoisotopic (exact) mass is 307 g/mol. The molecule has 2 heterocycles. The van der Waals surface area contributed by atoms with Crippen LogP contribution in [0.1, 0.15) is 22.3 Å². The molecule has 1 atom stereocenters. The SMILES string of the molecule is O=C(OC1CCOC1)c1ccccc1C1=NNNN1[N+](=O)[O-]. The van der Waals surface area contributed by atoms with Crippen LogP contribution in [0, 0.1) is 10.1 Å². The summed E-state index contributed by atoms with van der Waals surface area (Å²) in [5.74, 6) is -0.593. The van der Waals surface area contributed by atoms with E-state index in [1.54, 1.807) is 18.2 Å². The number of nitrogens with zero attached hydrogens (tertiary/aromatic N) is 3. The van der Waals surface area contributed by atoms with Crippen LogP contribution in [0.3, 0.4) is 0 Å². The summed E-state index contributed by atoms with van der Waals surface area (Å²) < 4.78 is 10.5. The van der Waals surface area contributed by atoms with Gasteiger partial charge in [-0.2, -0.15) is 0 Å². The average molecular weight is 307 g/mol. The van der Waals surface area contributed by atoms with Crippen molar-refractivity contribution in [2.45, 2.75) is 12.5 Å². The van der Waals surface area contributed by atoms with Crippen molar-refractivity contribution in [1.29, 1.82) is 0 Å². The van der Waals surface area contributed by atoms with Crippen molar-refractivity contribution in [2.24, 2.45) is 5.10 Å². The second-order valence-electron chi connectivity index (χ2n) is 4.65. The third kappa shape index (κ3) is 2.69. The number of nitrogens with one attached hydrogen (secondary N) is 2.